The van der Waals surface area contributed by atoms with Crippen molar-refractivity contribution in [3.05, 3.63) is 65.2 Å². The summed E-state index contributed by atoms with van der Waals surface area (Å²) in [4.78, 5) is 0. The summed E-state index contributed by atoms with van der Waals surface area (Å²) in [6, 6.07) is 17.8. The second-order valence-corrected chi connectivity index (χ2v) is 5.87. The summed E-state index contributed by atoms with van der Waals surface area (Å²) in [6.07, 6.45) is 2.30. The second-order valence-electron chi connectivity index (χ2n) is 5.87. The largest absolute Gasteiger partial charge is 0.209 e. The van der Waals surface area contributed by atoms with Gasteiger partial charge in [-0.15, -0.1) is 0 Å². The Morgan fingerprint density at radius 3 is 2.16 bits per heavy atom. The van der Waals surface area contributed by atoms with Crippen molar-refractivity contribution in [3.63, 3.8) is 0 Å². The molecule has 0 N–H and O–H groups in total. The molecule has 1 aliphatic carbocycles. The van der Waals surface area contributed by atoms with E-state index in [0.717, 1.165) is 12.8 Å². The van der Waals surface area contributed by atoms with Crippen LogP contribution in [0.15, 0.2) is 48.5 Å². The molecule has 2 aromatic rings. The van der Waals surface area contributed by atoms with Gasteiger partial charge in [0.1, 0.15) is 7.05 Å². The van der Waals surface area contributed by atoms with Crippen LogP contribution in [0.3, 0.4) is 0 Å². The van der Waals surface area contributed by atoms with Crippen LogP contribution in [0.4, 0.5) is 5.69 Å². The SMILES string of the molecule is CC1=[N+](C)c2ccccc2C12Cc1ccccc1C2. The Bertz CT molecular complexity index is 684. The monoisotopic (exact) mass is 248 g/mol. The van der Waals surface area contributed by atoms with Gasteiger partial charge in [0.05, 0.1) is 5.41 Å². The summed E-state index contributed by atoms with van der Waals surface area (Å²) in [5, 5.41) is 0. The van der Waals surface area contributed by atoms with E-state index in [9.17, 15) is 0 Å². The van der Waals surface area contributed by atoms with E-state index < -0.39 is 0 Å². The van der Waals surface area contributed by atoms with E-state index in [-0.39, 0.29) is 5.41 Å². The molecule has 0 saturated carbocycles. The third-order valence-electron chi connectivity index (χ3n) is 5.08. The molecule has 4 rings (SSSR count). The molecule has 0 saturated heterocycles. The van der Waals surface area contributed by atoms with Gasteiger partial charge in [-0.2, -0.15) is 0 Å². The van der Waals surface area contributed by atoms with Crippen molar-refractivity contribution < 1.29 is 4.58 Å². The number of hydrogen-bond donors (Lipinski definition) is 0. The van der Waals surface area contributed by atoms with Crippen molar-refractivity contribution in [1.82, 2.24) is 0 Å². The standard InChI is InChI=1S/C18H18N/c1-13-18(11-14-7-3-4-8-15(14)12-18)16-9-5-6-10-17(16)19(13)2/h3-10H,11-12H2,1-2H3/q+1. The van der Waals surface area contributed by atoms with Crippen molar-refractivity contribution in [2.45, 2.75) is 25.2 Å². The molecule has 0 bridgehead atoms. The lowest BCUT2D eigenvalue weighted by Crippen LogP contribution is -2.34. The first-order valence-electron chi connectivity index (χ1n) is 6.96. The molecule has 2 aromatic carbocycles. The Morgan fingerprint density at radius 2 is 1.47 bits per heavy atom. The molecule has 0 unspecified atom stereocenters. The molecule has 19 heavy (non-hydrogen) atoms. The van der Waals surface area contributed by atoms with E-state index in [1.165, 1.54) is 28.1 Å². The maximum absolute atomic E-state index is 2.38. The highest BCUT2D eigenvalue weighted by molar-refractivity contribution is 5.95. The third-order valence-corrected chi connectivity index (χ3v) is 5.08. The molecule has 2 aliphatic rings. The van der Waals surface area contributed by atoms with Crippen LogP contribution in [0, 0.1) is 0 Å². The smallest absolute Gasteiger partial charge is 0.202 e. The average molecular weight is 248 g/mol. The Morgan fingerprint density at radius 1 is 0.895 bits per heavy atom. The summed E-state index contributed by atoms with van der Waals surface area (Å²) in [7, 11) is 2.20. The summed E-state index contributed by atoms with van der Waals surface area (Å²) < 4.78 is 2.38. The van der Waals surface area contributed by atoms with Crippen LogP contribution < -0.4 is 0 Å². The lowest BCUT2D eigenvalue weighted by Gasteiger charge is -2.20. The minimum absolute atomic E-state index is 0.203. The van der Waals surface area contributed by atoms with Crippen LogP contribution in [-0.2, 0) is 18.3 Å². The molecule has 0 amide bonds. The van der Waals surface area contributed by atoms with Gasteiger partial charge in [0.15, 0.2) is 5.71 Å². The Balaban J connectivity index is 1.95. The van der Waals surface area contributed by atoms with Gasteiger partial charge < -0.3 is 0 Å². The van der Waals surface area contributed by atoms with E-state index in [0.29, 0.717) is 0 Å². The number of fused-ring (bicyclic) bond motifs is 3. The van der Waals surface area contributed by atoms with Crippen LogP contribution in [0.5, 0.6) is 0 Å². The predicted octanol–water partition coefficient (Wildman–Crippen LogP) is 3.47. The molecular weight excluding hydrogens is 230 g/mol. The minimum atomic E-state index is 0.203. The minimum Gasteiger partial charge on any atom is -0.202 e. The van der Waals surface area contributed by atoms with Gasteiger partial charge in [-0.1, -0.05) is 42.5 Å². The highest BCUT2D eigenvalue weighted by atomic mass is 15.0. The average Bonchev–Trinajstić information content (AvgIpc) is 2.93. The van der Waals surface area contributed by atoms with E-state index in [2.05, 4.69) is 67.1 Å². The highest BCUT2D eigenvalue weighted by Gasteiger charge is 2.51. The van der Waals surface area contributed by atoms with Gasteiger partial charge in [0.2, 0.25) is 5.69 Å². The maximum atomic E-state index is 2.38. The van der Waals surface area contributed by atoms with E-state index in [4.69, 9.17) is 0 Å². The van der Waals surface area contributed by atoms with Crippen molar-refractivity contribution >= 4 is 11.4 Å². The zero-order chi connectivity index (χ0) is 13.0. The number of para-hydroxylation sites is 1. The first-order chi connectivity index (χ1) is 9.22. The molecule has 94 valence electrons. The lowest BCUT2D eigenvalue weighted by molar-refractivity contribution is -0.403. The molecule has 1 aliphatic heterocycles. The Hall–Kier alpha value is -1.89. The fraction of sp³-hybridized carbons (Fsp3) is 0.278. The molecule has 0 aromatic heterocycles. The topological polar surface area (TPSA) is 3.01 Å². The quantitative estimate of drug-likeness (QED) is 0.628. The fourth-order valence-corrected chi connectivity index (χ4v) is 3.93. The van der Waals surface area contributed by atoms with E-state index in [1.54, 1.807) is 0 Å². The zero-order valence-corrected chi connectivity index (χ0v) is 11.5. The molecule has 1 heterocycles. The number of nitrogens with zero attached hydrogens (tertiary/aromatic N) is 1. The highest BCUT2D eigenvalue weighted by Crippen LogP contribution is 2.47. The van der Waals surface area contributed by atoms with Gasteiger partial charge in [0.25, 0.3) is 0 Å². The fourth-order valence-electron chi connectivity index (χ4n) is 3.93. The lowest BCUT2D eigenvalue weighted by atomic mass is 9.75. The van der Waals surface area contributed by atoms with Crippen LogP contribution in [0.25, 0.3) is 0 Å². The van der Waals surface area contributed by atoms with Crippen molar-refractivity contribution in [3.8, 4) is 0 Å². The molecule has 0 atom stereocenters. The van der Waals surface area contributed by atoms with Crippen LogP contribution in [0.1, 0.15) is 23.6 Å². The van der Waals surface area contributed by atoms with Gasteiger partial charge in [-0.3, -0.25) is 0 Å². The predicted molar refractivity (Wildman–Crippen MR) is 78.5 cm³/mol. The van der Waals surface area contributed by atoms with E-state index in [1.807, 2.05) is 0 Å². The molecular formula is C18H18N+. The first-order valence-corrected chi connectivity index (χ1v) is 6.96. The molecule has 1 nitrogen and oxygen atoms in total. The van der Waals surface area contributed by atoms with Gasteiger partial charge >= 0.3 is 0 Å². The van der Waals surface area contributed by atoms with Crippen LogP contribution in [0.2, 0.25) is 0 Å². The first kappa shape index (κ1) is 11.0. The van der Waals surface area contributed by atoms with E-state index >= 15 is 0 Å². The summed E-state index contributed by atoms with van der Waals surface area (Å²) in [6.45, 7) is 2.30. The summed E-state index contributed by atoms with van der Waals surface area (Å²) in [5.41, 5.74) is 7.62. The third kappa shape index (κ3) is 1.28. The van der Waals surface area contributed by atoms with Gasteiger partial charge in [0, 0.05) is 18.6 Å². The number of benzene rings is 2. The molecule has 0 fully saturated rings. The van der Waals surface area contributed by atoms with Crippen molar-refractivity contribution in [1.29, 1.82) is 0 Å². The summed E-state index contributed by atoms with van der Waals surface area (Å²) in [5.74, 6) is 0. The molecule has 1 spiro atoms. The zero-order valence-electron chi connectivity index (χ0n) is 11.5. The number of rotatable bonds is 0. The maximum Gasteiger partial charge on any atom is 0.209 e. The van der Waals surface area contributed by atoms with Crippen LogP contribution >= 0.6 is 0 Å². The normalized spacial score (nSPS) is 18.8. The van der Waals surface area contributed by atoms with Crippen molar-refractivity contribution in [2.75, 3.05) is 7.05 Å². The van der Waals surface area contributed by atoms with Gasteiger partial charge in [-0.05, 0) is 24.0 Å². The summed E-state index contributed by atoms with van der Waals surface area (Å²) >= 11 is 0. The van der Waals surface area contributed by atoms with Crippen molar-refractivity contribution in [2.24, 2.45) is 0 Å². The second kappa shape index (κ2) is 3.57. The molecule has 1 heteroatoms. The number of hydrogen-bond acceptors (Lipinski definition) is 0. The Kier molecular flexibility index (Phi) is 2.06. The Labute approximate surface area is 114 Å². The van der Waals surface area contributed by atoms with Gasteiger partial charge in [-0.25, -0.2) is 4.58 Å². The molecule has 0 radical (unpaired) electrons. The van der Waals surface area contributed by atoms with Crippen LogP contribution in [-0.4, -0.2) is 17.3 Å².